The van der Waals surface area contributed by atoms with Crippen molar-refractivity contribution in [1.82, 2.24) is 0 Å². The number of halogens is 1. The average Bonchev–Trinajstić information content (AvgIpc) is 2.48. The van der Waals surface area contributed by atoms with Crippen molar-refractivity contribution in [2.24, 2.45) is 0 Å². The molecule has 0 amide bonds. The van der Waals surface area contributed by atoms with Crippen molar-refractivity contribution in [2.45, 2.75) is 11.8 Å². The smallest absolute Gasteiger partial charge is 0.203 e. The molecular weight excluding hydrogens is 287 g/mol. The predicted molar refractivity (Wildman–Crippen MR) is 83.0 cm³/mol. The summed E-state index contributed by atoms with van der Waals surface area (Å²) in [5.41, 5.74) is 1.64. The SMILES string of the molecule is Cc1ccc([S@](=O)CC(=O)/C(F)=C\c2ccccc2)cc1. The second kappa shape index (κ2) is 7.09. The molecule has 21 heavy (non-hydrogen) atoms. The number of benzene rings is 2. The van der Waals surface area contributed by atoms with Crippen LogP contribution in [0.4, 0.5) is 4.39 Å². The molecule has 0 unspecified atom stereocenters. The minimum Gasteiger partial charge on any atom is -0.291 e. The molecule has 0 heterocycles. The molecule has 0 spiro atoms. The first-order chi connectivity index (χ1) is 10.1. The zero-order chi connectivity index (χ0) is 15.2. The van der Waals surface area contributed by atoms with Crippen molar-refractivity contribution in [2.75, 3.05) is 5.75 Å². The zero-order valence-electron chi connectivity index (χ0n) is 11.6. The van der Waals surface area contributed by atoms with Gasteiger partial charge in [0.05, 0.1) is 16.6 Å². The highest BCUT2D eigenvalue weighted by molar-refractivity contribution is 7.85. The maximum Gasteiger partial charge on any atom is 0.203 e. The highest BCUT2D eigenvalue weighted by Crippen LogP contribution is 2.13. The fraction of sp³-hybridized carbons (Fsp3) is 0.118. The van der Waals surface area contributed by atoms with Crippen LogP contribution in [0, 0.1) is 6.92 Å². The van der Waals surface area contributed by atoms with Crippen molar-refractivity contribution >= 4 is 22.7 Å². The van der Waals surface area contributed by atoms with E-state index in [-0.39, 0.29) is 5.75 Å². The maximum absolute atomic E-state index is 13.8. The van der Waals surface area contributed by atoms with Crippen molar-refractivity contribution < 1.29 is 13.4 Å². The molecule has 2 aromatic rings. The molecule has 108 valence electrons. The van der Waals surface area contributed by atoms with E-state index in [1.54, 1.807) is 36.4 Å². The number of aryl methyl sites for hydroxylation is 1. The minimum absolute atomic E-state index is 0.349. The Bertz CT molecular complexity index is 676. The number of Topliss-reactive ketones (excluding diaryl/α,β-unsaturated/α-hetero) is 1. The van der Waals surface area contributed by atoms with E-state index in [9.17, 15) is 13.4 Å². The normalized spacial score (nSPS) is 13.0. The minimum atomic E-state index is -1.53. The van der Waals surface area contributed by atoms with Gasteiger partial charge in [-0.25, -0.2) is 4.39 Å². The van der Waals surface area contributed by atoms with Crippen molar-refractivity contribution in [1.29, 1.82) is 0 Å². The summed E-state index contributed by atoms with van der Waals surface area (Å²) < 4.78 is 25.8. The molecule has 4 heteroatoms. The van der Waals surface area contributed by atoms with E-state index in [2.05, 4.69) is 0 Å². The predicted octanol–water partition coefficient (Wildman–Crippen LogP) is 3.68. The van der Waals surface area contributed by atoms with Crippen LogP contribution in [0.5, 0.6) is 0 Å². The Morgan fingerprint density at radius 3 is 2.33 bits per heavy atom. The van der Waals surface area contributed by atoms with Crippen molar-refractivity contribution in [3.05, 3.63) is 71.6 Å². The van der Waals surface area contributed by atoms with E-state index >= 15 is 0 Å². The quantitative estimate of drug-likeness (QED) is 0.790. The van der Waals surface area contributed by atoms with E-state index < -0.39 is 22.4 Å². The van der Waals surface area contributed by atoms with Gasteiger partial charge in [0, 0.05) is 4.90 Å². The highest BCUT2D eigenvalue weighted by Gasteiger charge is 2.14. The lowest BCUT2D eigenvalue weighted by atomic mass is 10.2. The number of hydrogen-bond donors (Lipinski definition) is 0. The van der Waals surface area contributed by atoms with Gasteiger partial charge in [0.25, 0.3) is 0 Å². The van der Waals surface area contributed by atoms with Gasteiger partial charge in [-0.3, -0.25) is 9.00 Å². The number of allylic oxidation sites excluding steroid dienone is 1. The third-order valence-corrected chi connectivity index (χ3v) is 4.23. The Kier molecular flexibility index (Phi) is 5.17. The van der Waals surface area contributed by atoms with Gasteiger partial charge in [0.1, 0.15) is 0 Å². The first-order valence-electron chi connectivity index (χ1n) is 6.47. The van der Waals surface area contributed by atoms with Gasteiger partial charge in [-0.05, 0) is 30.7 Å². The lowest BCUT2D eigenvalue weighted by molar-refractivity contribution is -0.114. The van der Waals surface area contributed by atoms with Crippen LogP contribution in [-0.2, 0) is 15.6 Å². The van der Waals surface area contributed by atoms with Crippen molar-refractivity contribution in [3.8, 4) is 0 Å². The largest absolute Gasteiger partial charge is 0.291 e. The molecular formula is C17H15FO2S. The van der Waals surface area contributed by atoms with Crippen LogP contribution in [0.3, 0.4) is 0 Å². The molecule has 0 N–H and O–H groups in total. The summed E-state index contributed by atoms with van der Waals surface area (Å²) in [6.45, 7) is 1.92. The summed E-state index contributed by atoms with van der Waals surface area (Å²) >= 11 is 0. The third kappa shape index (κ3) is 4.46. The monoisotopic (exact) mass is 302 g/mol. The van der Waals surface area contributed by atoms with E-state index in [0.717, 1.165) is 11.6 Å². The molecule has 0 aliphatic heterocycles. The highest BCUT2D eigenvalue weighted by atomic mass is 32.2. The number of hydrogen-bond acceptors (Lipinski definition) is 2. The van der Waals surface area contributed by atoms with Crippen LogP contribution < -0.4 is 0 Å². The Morgan fingerprint density at radius 2 is 1.71 bits per heavy atom. The third-order valence-electron chi connectivity index (χ3n) is 2.91. The van der Waals surface area contributed by atoms with Gasteiger partial charge >= 0.3 is 0 Å². The van der Waals surface area contributed by atoms with E-state index in [1.807, 2.05) is 25.1 Å². The fourth-order valence-corrected chi connectivity index (χ4v) is 2.72. The summed E-state index contributed by atoms with van der Waals surface area (Å²) in [7, 11) is -1.53. The summed E-state index contributed by atoms with van der Waals surface area (Å²) in [5.74, 6) is -1.97. The van der Waals surface area contributed by atoms with Crippen LogP contribution in [-0.4, -0.2) is 15.7 Å². The zero-order valence-corrected chi connectivity index (χ0v) is 12.4. The molecule has 0 bridgehead atoms. The first kappa shape index (κ1) is 15.3. The summed E-state index contributed by atoms with van der Waals surface area (Å²) in [4.78, 5) is 12.3. The van der Waals surface area contributed by atoms with E-state index in [1.165, 1.54) is 0 Å². The van der Waals surface area contributed by atoms with Gasteiger partial charge < -0.3 is 0 Å². The van der Waals surface area contributed by atoms with Crippen LogP contribution in [0.15, 0.2) is 65.3 Å². The fourth-order valence-electron chi connectivity index (χ4n) is 1.74. The number of rotatable bonds is 5. The molecule has 2 rings (SSSR count). The summed E-state index contributed by atoms with van der Waals surface area (Å²) in [6, 6.07) is 15.7. The Labute approximate surface area is 125 Å². The molecule has 1 atom stereocenters. The maximum atomic E-state index is 13.8. The van der Waals surface area contributed by atoms with Crippen LogP contribution in [0.1, 0.15) is 11.1 Å². The Hall–Kier alpha value is -2.07. The van der Waals surface area contributed by atoms with Gasteiger partial charge in [-0.15, -0.1) is 0 Å². The average molecular weight is 302 g/mol. The lowest BCUT2D eigenvalue weighted by Crippen LogP contribution is -2.11. The van der Waals surface area contributed by atoms with Crippen LogP contribution in [0.25, 0.3) is 6.08 Å². The second-order valence-corrected chi connectivity index (χ2v) is 6.08. The molecule has 0 fully saturated rings. The Balaban J connectivity index is 2.05. The molecule has 0 radical (unpaired) electrons. The number of carbonyl (C=O) groups is 1. The van der Waals surface area contributed by atoms with Crippen LogP contribution >= 0.6 is 0 Å². The number of carbonyl (C=O) groups excluding carboxylic acids is 1. The molecule has 0 saturated carbocycles. The van der Waals surface area contributed by atoms with Gasteiger partial charge in [-0.1, -0.05) is 48.0 Å². The molecule has 0 aromatic heterocycles. The standard InChI is InChI=1S/C17H15FO2S/c1-13-7-9-15(10-8-13)21(20)12-17(19)16(18)11-14-5-3-2-4-6-14/h2-11H,12H2,1H3/b16-11+/t21-/m1/s1. The Morgan fingerprint density at radius 1 is 1.10 bits per heavy atom. The van der Waals surface area contributed by atoms with Crippen molar-refractivity contribution in [3.63, 3.8) is 0 Å². The number of ketones is 1. The topological polar surface area (TPSA) is 34.1 Å². The lowest BCUT2D eigenvalue weighted by Gasteiger charge is -2.02. The molecule has 0 aliphatic rings. The van der Waals surface area contributed by atoms with Gasteiger partial charge in [0.2, 0.25) is 5.78 Å². The van der Waals surface area contributed by atoms with Gasteiger partial charge in [0.15, 0.2) is 5.83 Å². The molecule has 0 aliphatic carbocycles. The van der Waals surface area contributed by atoms with E-state index in [0.29, 0.717) is 10.5 Å². The first-order valence-corrected chi connectivity index (χ1v) is 7.78. The van der Waals surface area contributed by atoms with E-state index in [4.69, 9.17) is 0 Å². The summed E-state index contributed by atoms with van der Waals surface area (Å²) in [5, 5.41) is 0. The second-order valence-electron chi connectivity index (χ2n) is 4.63. The summed E-state index contributed by atoms with van der Waals surface area (Å²) in [6.07, 6.45) is 1.16. The van der Waals surface area contributed by atoms with Crippen LogP contribution in [0.2, 0.25) is 0 Å². The molecule has 2 nitrogen and oxygen atoms in total. The van der Waals surface area contributed by atoms with Gasteiger partial charge in [-0.2, -0.15) is 0 Å². The molecule has 2 aromatic carbocycles. The molecule has 0 saturated heterocycles.